The molecular weight excluding hydrogens is 520 g/mol. The molecule has 2 unspecified atom stereocenters. The number of aliphatic hydroxyl groups is 2. The molecule has 5 aliphatic carbocycles. The first-order valence-corrected chi connectivity index (χ1v) is 12.8. The number of rotatable bonds is 0. The average Bonchev–Trinajstić information content (AvgIpc) is 3.18. The van der Waals surface area contributed by atoms with Gasteiger partial charge >= 0.3 is 0 Å². The molecule has 2 saturated carbocycles. The molecule has 2 aromatic carbocycles. The molecule has 7 rings (SSSR count). The number of carbonyl (C=O) groups excluding carboxylic acids is 5. The van der Waals surface area contributed by atoms with E-state index in [9.17, 15) is 49.5 Å². The van der Waals surface area contributed by atoms with E-state index in [4.69, 9.17) is 0 Å². The lowest BCUT2D eigenvalue weighted by molar-refractivity contribution is -0.123. The normalized spacial score (nSPS) is 30.0. The minimum absolute atomic E-state index is 0.0164. The second kappa shape index (κ2) is 7.33. The van der Waals surface area contributed by atoms with Crippen LogP contribution in [0.25, 0.3) is 5.76 Å². The molecule has 10 nitrogen and oxygen atoms in total. The monoisotopic (exact) mass is 542 g/mol. The van der Waals surface area contributed by atoms with Crippen LogP contribution in [0.3, 0.4) is 0 Å². The first-order chi connectivity index (χ1) is 18.8. The summed E-state index contributed by atoms with van der Waals surface area (Å²) in [7, 11) is 0. The van der Waals surface area contributed by atoms with Gasteiger partial charge in [-0.05, 0) is 50.0 Å². The number of aryl methyl sites for hydroxylation is 1. The van der Waals surface area contributed by atoms with E-state index in [1.807, 2.05) is 0 Å². The number of Topliss-reactive ketones (excluding diaryl/α,β-unsaturated/α-hetero) is 4. The number of hydrogen-bond acceptors (Lipinski definition) is 10. The number of allylic oxidation sites excluding steroid dienone is 3. The Bertz CT molecular complexity index is 1790. The molecule has 202 valence electrons. The SMILES string of the molecule is CC1=CC(=O)c2c(O)c3c(c(O)c2C1=O)C1C[C@@H](C3=O)C23C(=O)c4cc(C)cc(O)c4C(O)=C2C(=O)C[C@H](O)[C@@H]13. The maximum absolute atomic E-state index is 14.5. The minimum atomic E-state index is -2.07. The third kappa shape index (κ3) is 2.46. The lowest BCUT2D eigenvalue weighted by atomic mass is 9.53. The van der Waals surface area contributed by atoms with Crippen LogP contribution in [0, 0.1) is 24.2 Å². The van der Waals surface area contributed by atoms with E-state index >= 15 is 0 Å². The Balaban J connectivity index is 1.58. The fraction of sp³-hybridized carbons (Fsp3) is 0.300. The van der Waals surface area contributed by atoms with E-state index in [-0.39, 0.29) is 28.7 Å². The predicted octanol–water partition coefficient (Wildman–Crippen LogP) is 2.84. The summed E-state index contributed by atoms with van der Waals surface area (Å²) in [5, 5.41) is 56.1. The number of aromatic hydroxyl groups is 3. The van der Waals surface area contributed by atoms with Gasteiger partial charge in [-0.25, -0.2) is 0 Å². The summed E-state index contributed by atoms with van der Waals surface area (Å²) < 4.78 is 0. The fourth-order valence-electron chi connectivity index (χ4n) is 8.12. The zero-order valence-corrected chi connectivity index (χ0v) is 21.2. The van der Waals surface area contributed by atoms with Crippen molar-refractivity contribution in [3.8, 4) is 17.2 Å². The number of ketones is 5. The standard InChI is InChI=1S/C30H22O10/c1-8-3-11-17(13(31)4-8)28(39)23-16(34)7-15(33)22-10-6-12(30(22,23)29(11)40)25(36)20-18(10)26(37)21-19(27(20)38)14(32)5-9(2)24(21)35/h3-5,10,12,15,22,31,33,37-39H,6-7H2,1-2H3/t10?,12-,15-,22+,30?/m0/s1. The van der Waals surface area contributed by atoms with Crippen LogP contribution < -0.4 is 0 Å². The molecule has 0 aliphatic heterocycles. The third-order valence-corrected chi connectivity index (χ3v) is 9.45. The molecule has 0 radical (unpaired) electrons. The van der Waals surface area contributed by atoms with E-state index < -0.39 is 110 Å². The van der Waals surface area contributed by atoms with Gasteiger partial charge in [0.25, 0.3) is 0 Å². The molecule has 2 bridgehead atoms. The molecule has 2 fully saturated rings. The van der Waals surface area contributed by atoms with Gasteiger partial charge in [-0.2, -0.15) is 0 Å². The van der Waals surface area contributed by atoms with E-state index in [0.717, 1.165) is 6.08 Å². The van der Waals surface area contributed by atoms with E-state index in [1.54, 1.807) is 6.92 Å². The summed E-state index contributed by atoms with van der Waals surface area (Å²) in [5.74, 6) is -10.1. The lowest BCUT2D eigenvalue weighted by Crippen LogP contribution is -2.55. The van der Waals surface area contributed by atoms with Gasteiger partial charge in [-0.3, -0.25) is 24.0 Å². The van der Waals surface area contributed by atoms with E-state index in [2.05, 4.69) is 0 Å². The van der Waals surface area contributed by atoms with E-state index in [0.29, 0.717) is 5.56 Å². The van der Waals surface area contributed by atoms with Crippen LogP contribution in [0.5, 0.6) is 17.2 Å². The maximum atomic E-state index is 14.5. The van der Waals surface area contributed by atoms with Crippen LogP contribution in [0.2, 0.25) is 0 Å². The summed E-state index contributed by atoms with van der Waals surface area (Å²) in [6, 6.07) is 2.74. The fourth-order valence-corrected chi connectivity index (χ4v) is 8.12. The van der Waals surface area contributed by atoms with Crippen molar-refractivity contribution in [3.05, 3.63) is 68.3 Å². The number of phenols is 3. The predicted molar refractivity (Wildman–Crippen MR) is 136 cm³/mol. The van der Waals surface area contributed by atoms with Crippen molar-refractivity contribution in [1.82, 2.24) is 0 Å². The highest BCUT2D eigenvalue weighted by molar-refractivity contribution is 6.29. The Kier molecular flexibility index (Phi) is 4.49. The Morgan fingerprint density at radius 1 is 0.875 bits per heavy atom. The van der Waals surface area contributed by atoms with Gasteiger partial charge in [0.05, 0.1) is 39.3 Å². The van der Waals surface area contributed by atoms with Crippen LogP contribution in [0.4, 0.5) is 0 Å². The van der Waals surface area contributed by atoms with Gasteiger partial charge < -0.3 is 25.5 Å². The summed E-state index contributed by atoms with van der Waals surface area (Å²) in [4.78, 5) is 68.0. The largest absolute Gasteiger partial charge is 0.507 e. The van der Waals surface area contributed by atoms with Crippen molar-refractivity contribution in [2.75, 3.05) is 0 Å². The van der Waals surface area contributed by atoms with Crippen molar-refractivity contribution in [2.24, 2.45) is 17.3 Å². The van der Waals surface area contributed by atoms with Crippen LogP contribution >= 0.6 is 0 Å². The molecule has 40 heavy (non-hydrogen) atoms. The maximum Gasteiger partial charge on any atom is 0.193 e. The van der Waals surface area contributed by atoms with Crippen LogP contribution in [-0.2, 0) is 4.79 Å². The minimum Gasteiger partial charge on any atom is -0.507 e. The van der Waals surface area contributed by atoms with Gasteiger partial charge in [0.15, 0.2) is 28.9 Å². The van der Waals surface area contributed by atoms with Crippen LogP contribution in [-0.4, -0.2) is 60.6 Å². The van der Waals surface area contributed by atoms with Crippen molar-refractivity contribution in [2.45, 2.75) is 38.7 Å². The average molecular weight is 542 g/mol. The Labute approximate surface area is 225 Å². The molecule has 0 amide bonds. The molecular formula is C30H22O10. The first kappa shape index (κ1) is 24.5. The third-order valence-electron chi connectivity index (χ3n) is 9.45. The number of aliphatic hydroxyl groups excluding tert-OH is 2. The van der Waals surface area contributed by atoms with Crippen LogP contribution in [0.1, 0.15) is 83.8 Å². The molecule has 5 aliphatic rings. The number of fused-ring (bicyclic) bond motifs is 7. The smallest absolute Gasteiger partial charge is 0.193 e. The number of carbonyl (C=O) groups is 5. The summed E-state index contributed by atoms with van der Waals surface area (Å²) in [6.07, 6.45) is -1.14. The zero-order chi connectivity index (χ0) is 28.7. The molecule has 0 heterocycles. The molecule has 1 spiro atoms. The highest BCUT2D eigenvalue weighted by Crippen LogP contribution is 2.71. The topological polar surface area (TPSA) is 186 Å². The van der Waals surface area contributed by atoms with Crippen molar-refractivity contribution in [1.29, 1.82) is 0 Å². The van der Waals surface area contributed by atoms with Gasteiger partial charge in [0.1, 0.15) is 23.0 Å². The lowest BCUT2D eigenvalue weighted by Gasteiger charge is -2.47. The molecule has 2 aromatic rings. The van der Waals surface area contributed by atoms with Crippen molar-refractivity contribution in [3.63, 3.8) is 0 Å². The van der Waals surface area contributed by atoms with Gasteiger partial charge in [-0.15, -0.1) is 0 Å². The second-order valence-corrected chi connectivity index (χ2v) is 11.4. The van der Waals surface area contributed by atoms with E-state index in [1.165, 1.54) is 19.1 Å². The molecule has 0 saturated heterocycles. The van der Waals surface area contributed by atoms with Gasteiger partial charge in [0.2, 0.25) is 0 Å². The van der Waals surface area contributed by atoms with Crippen LogP contribution in [0.15, 0.2) is 29.4 Å². The Hall–Kier alpha value is -4.57. The van der Waals surface area contributed by atoms with Crippen molar-refractivity contribution < 1.29 is 49.5 Å². The second-order valence-electron chi connectivity index (χ2n) is 11.4. The first-order valence-electron chi connectivity index (χ1n) is 12.8. The summed E-state index contributed by atoms with van der Waals surface area (Å²) in [6.45, 7) is 2.98. The molecule has 5 N–H and O–H groups in total. The number of phenolic OH excluding ortho intramolecular Hbond substituents is 3. The zero-order valence-electron chi connectivity index (χ0n) is 21.2. The Morgan fingerprint density at radius 2 is 1.57 bits per heavy atom. The Morgan fingerprint density at radius 3 is 2.27 bits per heavy atom. The summed E-state index contributed by atoms with van der Waals surface area (Å²) in [5.41, 5.74) is -3.98. The quantitative estimate of drug-likeness (QED) is 0.310. The van der Waals surface area contributed by atoms with Gasteiger partial charge in [0, 0.05) is 35.0 Å². The molecule has 0 aromatic heterocycles. The summed E-state index contributed by atoms with van der Waals surface area (Å²) >= 11 is 0. The molecule has 10 heteroatoms. The highest BCUT2D eigenvalue weighted by atomic mass is 16.3. The van der Waals surface area contributed by atoms with Crippen molar-refractivity contribution >= 4 is 34.7 Å². The van der Waals surface area contributed by atoms with Gasteiger partial charge in [-0.1, -0.05) is 0 Å². The molecule has 5 atom stereocenters. The number of benzene rings is 2. The highest BCUT2D eigenvalue weighted by Gasteiger charge is 2.73. The number of hydrogen-bond donors (Lipinski definition) is 5.